The van der Waals surface area contributed by atoms with Gasteiger partial charge in [0.25, 0.3) is 6.01 Å². The van der Waals surface area contributed by atoms with Crippen molar-refractivity contribution in [1.29, 1.82) is 0 Å². The predicted molar refractivity (Wildman–Crippen MR) is 125 cm³/mol. The summed E-state index contributed by atoms with van der Waals surface area (Å²) < 4.78 is 5.38. The first kappa shape index (κ1) is 19.5. The molecule has 32 heavy (non-hydrogen) atoms. The molecule has 2 saturated heterocycles. The zero-order valence-electron chi connectivity index (χ0n) is 18.3. The van der Waals surface area contributed by atoms with Crippen molar-refractivity contribution in [3.63, 3.8) is 0 Å². The number of rotatable bonds is 4. The molecular weight excluding hydrogens is 402 g/mol. The molecule has 0 bridgehead atoms. The van der Waals surface area contributed by atoms with Crippen molar-refractivity contribution in [3.05, 3.63) is 42.6 Å². The van der Waals surface area contributed by atoms with E-state index in [0.717, 1.165) is 47.4 Å². The van der Waals surface area contributed by atoms with Gasteiger partial charge in [-0.2, -0.15) is 4.98 Å². The number of benzene rings is 1. The minimum absolute atomic E-state index is 0.183. The van der Waals surface area contributed by atoms with E-state index in [1.54, 1.807) is 0 Å². The first-order valence-electron chi connectivity index (χ1n) is 11.4. The number of nitrogens with one attached hydrogen (secondary N) is 1. The number of aromatic nitrogens is 3. The Morgan fingerprint density at radius 3 is 2.69 bits per heavy atom. The summed E-state index contributed by atoms with van der Waals surface area (Å²) >= 11 is 0. The molecule has 8 heteroatoms. The molecule has 1 aromatic carbocycles. The van der Waals surface area contributed by atoms with Gasteiger partial charge >= 0.3 is 0 Å². The quantitative estimate of drug-likeness (QED) is 0.531. The number of fused-ring (bicyclic) bond motifs is 2. The van der Waals surface area contributed by atoms with Crippen molar-refractivity contribution in [3.8, 4) is 11.3 Å². The summed E-state index contributed by atoms with van der Waals surface area (Å²) in [7, 11) is 0. The van der Waals surface area contributed by atoms with Crippen LogP contribution < -0.4 is 15.6 Å². The molecule has 0 aliphatic carbocycles. The van der Waals surface area contributed by atoms with Gasteiger partial charge in [0.2, 0.25) is 5.52 Å². The van der Waals surface area contributed by atoms with Crippen LogP contribution in [0.25, 0.3) is 33.4 Å². The van der Waals surface area contributed by atoms with E-state index < -0.39 is 0 Å². The van der Waals surface area contributed by atoms with E-state index in [1.165, 1.54) is 31.9 Å². The van der Waals surface area contributed by atoms with Crippen molar-refractivity contribution in [1.82, 2.24) is 19.8 Å². The first-order valence-corrected chi connectivity index (χ1v) is 11.4. The average molecular weight is 431 g/mol. The van der Waals surface area contributed by atoms with Gasteiger partial charge in [0.1, 0.15) is 16.7 Å². The van der Waals surface area contributed by atoms with E-state index in [2.05, 4.69) is 49.9 Å². The molecule has 164 valence electrons. The second kappa shape index (κ2) is 7.72. The summed E-state index contributed by atoms with van der Waals surface area (Å²) in [4.78, 5) is 20.2. The SMILES string of the molecule is CCN1CCN(C2CN(c3c[nH+]c4ccc(-c5ccc6oc(N)nc6c5)nc4c3)C2)CC1. The number of nitrogen functional groups attached to an aromatic ring is 1. The van der Waals surface area contributed by atoms with Crippen molar-refractivity contribution in [2.24, 2.45) is 0 Å². The number of anilines is 2. The normalized spacial score (nSPS) is 18.5. The van der Waals surface area contributed by atoms with E-state index in [0.29, 0.717) is 11.6 Å². The van der Waals surface area contributed by atoms with Gasteiger partial charge in [-0.15, -0.1) is 0 Å². The number of hydrogen-bond acceptors (Lipinski definition) is 7. The number of likely N-dealkylation sites (N-methyl/N-ethyl adjacent to an activating group) is 1. The fraction of sp³-hybridized carbons (Fsp3) is 0.375. The number of nitrogens with two attached hydrogens (primary N) is 1. The summed E-state index contributed by atoms with van der Waals surface area (Å²) in [6.07, 6.45) is 2.10. The number of aromatic amines is 1. The molecule has 4 aromatic rings. The number of oxazole rings is 1. The Morgan fingerprint density at radius 1 is 1.03 bits per heavy atom. The highest BCUT2D eigenvalue weighted by Crippen LogP contribution is 2.28. The number of nitrogens with zero attached hydrogens (tertiary/aromatic N) is 5. The Hall–Kier alpha value is -3.23. The highest BCUT2D eigenvalue weighted by atomic mass is 16.4. The predicted octanol–water partition coefficient (Wildman–Crippen LogP) is 2.27. The molecule has 8 nitrogen and oxygen atoms in total. The number of piperazine rings is 1. The molecule has 0 spiro atoms. The van der Waals surface area contributed by atoms with Crippen LogP contribution in [0.2, 0.25) is 0 Å². The number of hydrogen-bond donors (Lipinski definition) is 1. The van der Waals surface area contributed by atoms with Gasteiger partial charge in [-0.05, 0) is 30.8 Å². The van der Waals surface area contributed by atoms with Gasteiger partial charge < -0.3 is 20.0 Å². The maximum Gasteiger partial charge on any atom is 0.292 e. The van der Waals surface area contributed by atoms with Crippen molar-refractivity contribution in [2.75, 3.05) is 56.4 Å². The van der Waals surface area contributed by atoms with Crippen molar-refractivity contribution < 1.29 is 9.40 Å². The molecule has 0 atom stereocenters. The third-order valence-corrected chi connectivity index (χ3v) is 6.88. The van der Waals surface area contributed by atoms with Crippen LogP contribution in [0.15, 0.2) is 47.0 Å². The first-order chi connectivity index (χ1) is 15.7. The lowest BCUT2D eigenvalue weighted by molar-refractivity contribution is -0.344. The summed E-state index contributed by atoms with van der Waals surface area (Å²) in [5.74, 6) is 0. The Balaban J connectivity index is 1.20. The molecule has 2 fully saturated rings. The van der Waals surface area contributed by atoms with Gasteiger partial charge in [-0.1, -0.05) is 6.92 Å². The molecule has 0 saturated carbocycles. The van der Waals surface area contributed by atoms with E-state index in [-0.39, 0.29) is 6.01 Å². The molecule has 0 amide bonds. The number of pyridine rings is 2. The van der Waals surface area contributed by atoms with Gasteiger partial charge in [-0.25, -0.2) is 9.97 Å². The molecule has 0 unspecified atom stereocenters. The topological polar surface area (TPSA) is 88.8 Å². The monoisotopic (exact) mass is 430 g/mol. The van der Waals surface area contributed by atoms with E-state index >= 15 is 0 Å². The Morgan fingerprint density at radius 2 is 1.88 bits per heavy atom. The van der Waals surface area contributed by atoms with Crippen molar-refractivity contribution in [2.45, 2.75) is 13.0 Å². The summed E-state index contributed by atoms with van der Waals surface area (Å²) in [5, 5.41) is 0. The standard InChI is InChI=1S/C24H27N7O/c1-2-29-7-9-30(10-8-29)18-14-31(15-18)17-12-21-20(26-13-17)5-4-19(27-21)16-3-6-23-22(11-16)28-24(25)32-23/h3-6,11-13,18H,2,7-10,14-15H2,1H3,(H2,25,28)/p+1. The highest BCUT2D eigenvalue weighted by molar-refractivity contribution is 5.83. The molecule has 5 heterocycles. The smallest absolute Gasteiger partial charge is 0.292 e. The van der Waals surface area contributed by atoms with Gasteiger partial charge in [0.15, 0.2) is 11.8 Å². The fourth-order valence-electron chi connectivity index (χ4n) is 4.83. The van der Waals surface area contributed by atoms with Crippen LogP contribution in [0.3, 0.4) is 0 Å². The van der Waals surface area contributed by atoms with Crippen molar-refractivity contribution >= 4 is 33.8 Å². The van der Waals surface area contributed by atoms with Gasteiger partial charge in [0, 0.05) is 63.0 Å². The highest BCUT2D eigenvalue weighted by Gasteiger charge is 2.34. The van der Waals surface area contributed by atoms with Crippen LogP contribution in [-0.4, -0.2) is 71.6 Å². The van der Waals surface area contributed by atoms with Crippen LogP contribution in [0.5, 0.6) is 0 Å². The molecule has 2 aliphatic rings. The molecule has 3 aromatic heterocycles. The fourth-order valence-corrected chi connectivity index (χ4v) is 4.83. The molecule has 6 rings (SSSR count). The Bertz CT molecular complexity index is 1270. The summed E-state index contributed by atoms with van der Waals surface area (Å²) in [6.45, 7) is 10.3. The van der Waals surface area contributed by atoms with E-state index in [9.17, 15) is 0 Å². The van der Waals surface area contributed by atoms with Crippen LogP contribution in [0.1, 0.15) is 6.92 Å². The molecule has 0 radical (unpaired) electrons. The minimum atomic E-state index is 0.183. The van der Waals surface area contributed by atoms with Gasteiger partial charge in [-0.3, -0.25) is 4.90 Å². The molecule has 2 aliphatic heterocycles. The maximum absolute atomic E-state index is 5.68. The molecular formula is C24H28N7O+. The maximum atomic E-state index is 5.68. The third kappa shape index (κ3) is 3.45. The molecule has 3 N–H and O–H groups in total. The van der Waals surface area contributed by atoms with Crippen LogP contribution in [0.4, 0.5) is 11.7 Å². The zero-order chi connectivity index (χ0) is 21.7. The summed E-state index contributed by atoms with van der Waals surface area (Å²) in [5.41, 5.74) is 12.2. The van der Waals surface area contributed by atoms with E-state index in [4.69, 9.17) is 15.1 Å². The minimum Gasteiger partial charge on any atom is -0.424 e. The Labute approximate surface area is 186 Å². The van der Waals surface area contributed by atoms with Crippen LogP contribution >= 0.6 is 0 Å². The number of H-pyrrole nitrogens is 1. The lowest BCUT2D eigenvalue weighted by atomic mass is 10.0. The van der Waals surface area contributed by atoms with Crippen LogP contribution in [0, 0.1) is 0 Å². The zero-order valence-corrected chi connectivity index (χ0v) is 18.3. The average Bonchev–Trinajstić information content (AvgIpc) is 3.17. The third-order valence-electron chi connectivity index (χ3n) is 6.88. The summed E-state index contributed by atoms with van der Waals surface area (Å²) in [6, 6.07) is 13.0. The van der Waals surface area contributed by atoms with E-state index in [1.807, 2.05) is 24.3 Å². The largest absolute Gasteiger partial charge is 0.424 e. The lowest BCUT2D eigenvalue weighted by Crippen LogP contribution is -2.63. The lowest BCUT2D eigenvalue weighted by Gasteiger charge is -2.48. The Kier molecular flexibility index (Phi) is 4.69. The van der Waals surface area contributed by atoms with Crippen LogP contribution in [-0.2, 0) is 0 Å². The second-order valence-electron chi connectivity index (χ2n) is 8.75. The van der Waals surface area contributed by atoms with Gasteiger partial charge in [0.05, 0.1) is 5.69 Å². The second-order valence-corrected chi connectivity index (χ2v) is 8.75.